The Balaban J connectivity index is 0.00000304. The quantitative estimate of drug-likeness (QED) is 0.293. The number of imidazole rings is 1. The number of benzene rings is 3. The molecule has 0 aliphatic carbocycles. The number of nitrogens with zero attached hydrogens (tertiary/aromatic N) is 3. The first-order valence-corrected chi connectivity index (χ1v) is 12.3. The van der Waals surface area contributed by atoms with Gasteiger partial charge in [0.2, 0.25) is 0 Å². The SMILES string of the molecule is Cc1cccc2c1n(CCN1CCC(C(=O)c3ccc(F)cc3)CC1)c(=O)n2-c1cccc(Cl)c1.Cl. The van der Waals surface area contributed by atoms with Gasteiger partial charge in [0.05, 0.1) is 16.7 Å². The number of fused-ring (bicyclic) bond motifs is 1. The van der Waals surface area contributed by atoms with Crippen molar-refractivity contribution in [3.8, 4) is 5.69 Å². The molecular formula is C28H28Cl2FN3O2. The molecule has 1 aliphatic rings. The zero-order valence-electron chi connectivity index (χ0n) is 20.0. The molecule has 0 radical (unpaired) electrons. The molecule has 36 heavy (non-hydrogen) atoms. The molecule has 1 saturated heterocycles. The summed E-state index contributed by atoms with van der Waals surface area (Å²) in [6.07, 6.45) is 1.52. The van der Waals surface area contributed by atoms with E-state index in [2.05, 4.69) is 4.90 Å². The van der Waals surface area contributed by atoms with E-state index in [1.54, 1.807) is 28.8 Å². The molecule has 1 aliphatic heterocycles. The first-order valence-electron chi connectivity index (χ1n) is 11.9. The van der Waals surface area contributed by atoms with E-state index in [-0.39, 0.29) is 35.6 Å². The lowest BCUT2D eigenvalue weighted by Gasteiger charge is -2.31. The van der Waals surface area contributed by atoms with Crippen LogP contribution in [0.15, 0.2) is 71.5 Å². The van der Waals surface area contributed by atoms with Crippen LogP contribution in [0.25, 0.3) is 16.7 Å². The van der Waals surface area contributed by atoms with E-state index in [4.69, 9.17) is 11.6 Å². The van der Waals surface area contributed by atoms with Crippen LogP contribution in [0, 0.1) is 18.7 Å². The summed E-state index contributed by atoms with van der Waals surface area (Å²) >= 11 is 6.21. The van der Waals surface area contributed by atoms with Crippen molar-refractivity contribution in [2.45, 2.75) is 26.3 Å². The van der Waals surface area contributed by atoms with Gasteiger partial charge in [-0.3, -0.25) is 13.9 Å². The number of carbonyl (C=O) groups is 1. The Morgan fingerprint density at radius 3 is 2.39 bits per heavy atom. The molecule has 0 bridgehead atoms. The summed E-state index contributed by atoms with van der Waals surface area (Å²) in [6, 6.07) is 19.1. The number of piperidine rings is 1. The number of aryl methyl sites for hydroxylation is 1. The number of hydrogen-bond donors (Lipinski definition) is 0. The average molecular weight is 528 g/mol. The lowest BCUT2D eigenvalue weighted by Crippen LogP contribution is -2.39. The Hall–Kier alpha value is -2.93. The molecule has 2 heterocycles. The van der Waals surface area contributed by atoms with Gasteiger partial charge in [0, 0.05) is 29.6 Å². The predicted octanol–water partition coefficient (Wildman–Crippen LogP) is 5.91. The molecule has 0 spiro atoms. The number of aromatic nitrogens is 2. The van der Waals surface area contributed by atoms with Gasteiger partial charge < -0.3 is 4.90 Å². The molecule has 0 atom stereocenters. The lowest BCUT2D eigenvalue weighted by atomic mass is 9.89. The van der Waals surface area contributed by atoms with Crippen molar-refractivity contribution in [1.82, 2.24) is 14.0 Å². The second kappa shape index (κ2) is 11.0. The van der Waals surface area contributed by atoms with E-state index in [0.29, 0.717) is 17.1 Å². The minimum absolute atomic E-state index is 0. The number of carbonyl (C=O) groups excluding carboxylic acids is 1. The van der Waals surface area contributed by atoms with Gasteiger partial charge in [0.25, 0.3) is 0 Å². The van der Waals surface area contributed by atoms with E-state index in [1.807, 2.05) is 41.8 Å². The predicted molar refractivity (Wildman–Crippen MR) is 144 cm³/mol. The van der Waals surface area contributed by atoms with Crippen LogP contribution >= 0.6 is 24.0 Å². The van der Waals surface area contributed by atoms with E-state index in [1.165, 1.54) is 12.1 Å². The third-order valence-corrected chi connectivity index (χ3v) is 7.18. The van der Waals surface area contributed by atoms with Crippen LogP contribution in [0.5, 0.6) is 0 Å². The van der Waals surface area contributed by atoms with Crippen molar-refractivity contribution in [2.75, 3.05) is 19.6 Å². The summed E-state index contributed by atoms with van der Waals surface area (Å²) < 4.78 is 16.8. The van der Waals surface area contributed by atoms with E-state index in [9.17, 15) is 14.0 Å². The number of para-hydroxylation sites is 1. The van der Waals surface area contributed by atoms with Crippen molar-refractivity contribution in [1.29, 1.82) is 0 Å². The fourth-order valence-corrected chi connectivity index (χ4v) is 5.26. The largest absolute Gasteiger partial charge is 0.333 e. The second-order valence-corrected chi connectivity index (χ2v) is 9.62. The molecule has 3 aromatic carbocycles. The highest BCUT2D eigenvalue weighted by Crippen LogP contribution is 2.24. The van der Waals surface area contributed by atoms with Gasteiger partial charge in [-0.1, -0.05) is 29.8 Å². The molecule has 5 nitrogen and oxygen atoms in total. The topological polar surface area (TPSA) is 47.2 Å². The summed E-state index contributed by atoms with van der Waals surface area (Å²) in [5.41, 5.74) is 4.07. The first-order chi connectivity index (χ1) is 16.9. The maximum atomic E-state index is 13.5. The summed E-state index contributed by atoms with van der Waals surface area (Å²) in [4.78, 5) is 28.6. The monoisotopic (exact) mass is 527 g/mol. The van der Waals surface area contributed by atoms with Gasteiger partial charge in [-0.25, -0.2) is 9.18 Å². The number of Topliss-reactive ketones (excluding diaryl/α,β-unsaturated/α-hetero) is 1. The summed E-state index contributed by atoms with van der Waals surface area (Å²) in [6.45, 7) is 4.88. The molecule has 0 amide bonds. The fraction of sp³-hybridized carbons (Fsp3) is 0.286. The van der Waals surface area contributed by atoms with E-state index < -0.39 is 0 Å². The molecule has 0 saturated carbocycles. The molecule has 0 unspecified atom stereocenters. The molecular weight excluding hydrogens is 500 g/mol. The highest BCUT2D eigenvalue weighted by atomic mass is 35.5. The van der Waals surface area contributed by atoms with Gasteiger partial charge in [-0.05, 0) is 86.9 Å². The Bertz CT molecular complexity index is 1440. The summed E-state index contributed by atoms with van der Waals surface area (Å²) in [5.74, 6) is -0.300. The van der Waals surface area contributed by atoms with Crippen molar-refractivity contribution < 1.29 is 9.18 Å². The number of hydrogen-bond acceptors (Lipinski definition) is 3. The Labute approximate surface area is 220 Å². The maximum Gasteiger partial charge on any atom is 0.333 e. The van der Waals surface area contributed by atoms with Gasteiger partial charge in [0.15, 0.2) is 5.78 Å². The minimum Gasteiger partial charge on any atom is -0.302 e. The van der Waals surface area contributed by atoms with E-state index in [0.717, 1.165) is 54.8 Å². The fourth-order valence-electron chi connectivity index (χ4n) is 5.08. The minimum atomic E-state index is -0.335. The third kappa shape index (κ3) is 5.12. The standard InChI is InChI=1S/C28H27ClFN3O2.ClH/c1-19-4-2-7-25-26(19)32(28(35)33(25)24-6-3-5-22(29)18-24)17-16-31-14-12-21(13-15-31)27(34)20-8-10-23(30)11-9-20;/h2-11,18,21H,12-17H2,1H3;1H. The van der Waals surface area contributed by atoms with Crippen LogP contribution in [0.2, 0.25) is 5.02 Å². The van der Waals surface area contributed by atoms with Crippen LogP contribution in [-0.2, 0) is 6.54 Å². The number of ketones is 1. The van der Waals surface area contributed by atoms with E-state index >= 15 is 0 Å². The summed E-state index contributed by atoms with van der Waals surface area (Å²) in [7, 11) is 0. The van der Waals surface area contributed by atoms with Gasteiger partial charge in [-0.2, -0.15) is 0 Å². The highest BCUT2D eigenvalue weighted by Gasteiger charge is 2.26. The Kier molecular flexibility index (Phi) is 7.98. The van der Waals surface area contributed by atoms with Crippen LogP contribution in [0.3, 0.4) is 0 Å². The number of likely N-dealkylation sites (tertiary alicyclic amines) is 1. The van der Waals surface area contributed by atoms with Crippen LogP contribution in [-0.4, -0.2) is 39.5 Å². The molecule has 1 fully saturated rings. The van der Waals surface area contributed by atoms with Crippen molar-refractivity contribution >= 4 is 40.8 Å². The Morgan fingerprint density at radius 1 is 1.00 bits per heavy atom. The lowest BCUT2D eigenvalue weighted by molar-refractivity contribution is 0.0837. The third-order valence-electron chi connectivity index (χ3n) is 6.94. The van der Waals surface area contributed by atoms with Crippen molar-refractivity contribution in [3.05, 3.63) is 99.2 Å². The molecule has 1 aromatic heterocycles. The molecule has 4 aromatic rings. The molecule has 8 heteroatoms. The summed E-state index contributed by atoms with van der Waals surface area (Å²) in [5, 5.41) is 0.584. The van der Waals surface area contributed by atoms with Crippen molar-refractivity contribution in [2.24, 2.45) is 5.92 Å². The molecule has 5 rings (SSSR count). The normalized spacial score (nSPS) is 14.6. The van der Waals surface area contributed by atoms with Crippen molar-refractivity contribution in [3.63, 3.8) is 0 Å². The number of halogens is 3. The Morgan fingerprint density at radius 2 is 1.69 bits per heavy atom. The molecule has 0 N–H and O–H groups in total. The smallest absolute Gasteiger partial charge is 0.302 e. The number of rotatable bonds is 6. The zero-order chi connectivity index (χ0) is 24.5. The second-order valence-electron chi connectivity index (χ2n) is 9.18. The van der Waals surface area contributed by atoms with Crippen LogP contribution in [0.1, 0.15) is 28.8 Å². The zero-order valence-corrected chi connectivity index (χ0v) is 21.6. The first kappa shape index (κ1) is 26.1. The molecule has 188 valence electrons. The van der Waals surface area contributed by atoms with Crippen LogP contribution in [0.4, 0.5) is 4.39 Å². The average Bonchev–Trinajstić information content (AvgIpc) is 3.15. The van der Waals surface area contributed by atoms with Crippen LogP contribution < -0.4 is 5.69 Å². The van der Waals surface area contributed by atoms with Gasteiger partial charge in [-0.15, -0.1) is 12.4 Å². The van der Waals surface area contributed by atoms with Gasteiger partial charge >= 0.3 is 5.69 Å². The van der Waals surface area contributed by atoms with Gasteiger partial charge in [0.1, 0.15) is 5.82 Å². The maximum absolute atomic E-state index is 13.5. The highest BCUT2D eigenvalue weighted by molar-refractivity contribution is 6.30.